The highest BCUT2D eigenvalue weighted by molar-refractivity contribution is 5.41. The molecule has 2 aliphatic carbocycles. The molecule has 98 valence electrons. The minimum absolute atomic E-state index is 0.751. The first-order valence-electron chi connectivity index (χ1n) is 7.56. The van der Waals surface area contributed by atoms with Crippen molar-refractivity contribution in [3.63, 3.8) is 0 Å². The van der Waals surface area contributed by atoms with Crippen LogP contribution in [0.25, 0.3) is 0 Å². The number of hydrogen-bond acceptors (Lipinski definition) is 1. The van der Waals surface area contributed by atoms with E-state index in [-0.39, 0.29) is 0 Å². The van der Waals surface area contributed by atoms with E-state index in [9.17, 15) is 0 Å². The first-order valence-corrected chi connectivity index (χ1v) is 7.56. The van der Waals surface area contributed by atoms with Gasteiger partial charge in [0.1, 0.15) is 5.75 Å². The topological polar surface area (TPSA) is 9.23 Å². The van der Waals surface area contributed by atoms with Crippen LogP contribution in [0.15, 0.2) is 18.2 Å². The molecule has 0 saturated heterocycles. The van der Waals surface area contributed by atoms with Crippen LogP contribution in [0.2, 0.25) is 0 Å². The Morgan fingerprint density at radius 3 is 2.11 bits per heavy atom. The van der Waals surface area contributed by atoms with Gasteiger partial charge in [0.15, 0.2) is 0 Å². The third-order valence-corrected chi connectivity index (χ3v) is 4.88. The van der Waals surface area contributed by atoms with Gasteiger partial charge < -0.3 is 4.74 Å². The number of benzene rings is 1. The van der Waals surface area contributed by atoms with Crippen LogP contribution in [-0.4, -0.2) is 7.11 Å². The minimum atomic E-state index is 0.751. The summed E-state index contributed by atoms with van der Waals surface area (Å²) in [6.45, 7) is 0. The van der Waals surface area contributed by atoms with Gasteiger partial charge in [0, 0.05) is 0 Å². The van der Waals surface area contributed by atoms with Gasteiger partial charge in [-0.05, 0) is 54.7 Å². The molecule has 0 bridgehead atoms. The lowest BCUT2D eigenvalue weighted by Crippen LogP contribution is -2.00. The van der Waals surface area contributed by atoms with Crippen LogP contribution in [0.5, 0.6) is 5.75 Å². The molecule has 1 aromatic rings. The number of hydrogen-bond donors (Lipinski definition) is 0. The van der Waals surface area contributed by atoms with Gasteiger partial charge in [0.05, 0.1) is 7.11 Å². The fourth-order valence-corrected chi connectivity index (χ4v) is 3.82. The summed E-state index contributed by atoms with van der Waals surface area (Å²) in [5, 5.41) is 0. The van der Waals surface area contributed by atoms with Crippen molar-refractivity contribution in [3.05, 3.63) is 29.3 Å². The van der Waals surface area contributed by atoms with E-state index < -0.39 is 0 Å². The highest BCUT2D eigenvalue weighted by Crippen LogP contribution is 2.42. The van der Waals surface area contributed by atoms with E-state index >= 15 is 0 Å². The molecule has 0 unspecified atom stereocenters. The summed E-state index contributed by atoms with van der Waals surface area (Å²) in [5.74, 6) is 2.68. The fraction of sp³-hybridized carbons (Fsp3) is 0.647. The molecule has 0 spiro atoms. The molecular formula is C17H24O. The summed E-state index contributed by atoms with van der Waals surface area (Å²) in [6.07, 6.45) is 11.1. The first-order chi connectivity index (χ1) is 8.88. The number of methoxy groups -OCH3 is 1. The number of rotatable bonds is 3. The zero-order valence-corrected chi connectivity index (χ0v) is 11.5. The highest BCUT2D eigenvalue weighted by atomic mass is 16.5. The van der Waals surface area contributed by atoms with Crippen molar-refractivity contribution in [2.75, 3.05) is 7.11 Å². The SMILES string of the molecule is COc1ccc(C2CCCC2)cc1C1CCCC1. The predicted molar refractivity (Wildman–Crippen MR) is 75.4 cm³/mol. The lowest BCUT2D eigenvalue weighted by atomic mass is 9.90. The van der Waals surface area contributed by atoms with Crippen LogP contribution in [0.1, 0.15) is 74.3 Å². The fourth-order valence-electron chi connectivity index (χ4n) is 3.82. The Morgan fingerprint density at radius 1 is 0.889 bits per heavy atom. The summed E-state index contributed by atoms with van der Waals surface area (Å²) in [5.41, 5.74) is 3.05. The van der Waals surface area contributed by atoms with Crippen molar-refractivity contribution in [2.24, 2.45) is 0 Å². The molecular weight excluding hydrogens is 220 g/mol. The van der Waals surface area contributed by atoms with E-state index in [1.807, 2.05) is 7.11 Å². The maximum atomic E-state index is 5.58. The molecule has 0 atom stereocenters. The average Bonchev–Trinajstić information content (AvgIpc) is 3.11. The Bertz CT molecular complexity index is 398. The van der Waals surface area contributed by atoms with Gasteiger partial charge in [-0.15, -0.1) is 0 Å². The average molecular weight is 244 g/mol. The van der Waals surface area contributed by atoms with Crippen LogP contribution in [-0.2, 0) is 0 Å². The third-order valence-electron chi connectivity index (χ3n) is 4.88. The van der Waals surface area contributed by atoms with Gasteiger partial charge in [0.2, 0.25) is 0 Å². The normalized spacial score (nSPS) is 21.6. The molecule has 0 radical (unpaired) electrons. The smallest absolute Gasteiger partial charge is 0.122 e. The van der Waals surface area contributed by atoms with Crippen LogP contribution < -0.4 is 4.74 Å². The van der Waals surface area contributed by atoms with Gasteiger partial charge in [-0.2, -0.15) is 0 Å². The second-order valence-corrected chi connectivity index (χ2v) is 5.96. The van der Waals surface area contributed by atoms with Crippen LogP contribution in [0.3, 0.4) is 0 Å². The maximum Gasteiger partial charge on any atom is 0.122 e. The van der Waals surface area contributed by atoms with E-state index in [4.69, 9.17) is 4.74 Å². The van der Waals surface area contributed by atoms with Crippen molar-refractivity contribution in [3.8, 4) is 5.75 Å². The van der Waals surface area contributed by atoms with Crippen molar-refractivity contribution in [1.82, 2.24) is 0 Å². The molecule has 18 heavy (non-hydrogen) atoms. The Hall–Kier alpha value is -0.980. The summed E-state index contributed by atoms with van der Waals surface area (Å²) in [6, 6.07) is 6.97. The zero-order valence-electron chi connectivity index (χ0n) is 11.5. The van der Waals surface area contributed by atoms with Gasteiger partial charge >= 0.3 is 0 Å². The van der Waals surface area contributed by atoms with Gasteiger partial charge in [-0.1, -0.05) is 37.8 Å². The number of ether oxygens (including phenoxy) is 1. The van der Waals surface area contributed by atoms with E-state index in [0.717, 1.165) is 17.6 Å². The molecule has 3 rings (SSSR count). The second kappa shape index (κ2) is 5.34. The molecule has 0 aliphatic heterocycles. The van der Waals surface area contributed by atoms with Crippen molar-refractivity contribution in [2.45, 2.75) is 63.2 Å². The quantitative estimate of drug-likeness (QED) is 0.726. The summed E-state index contributed by atoms with van der Waals surface area (Å²) in [4.78, 5) is 0. The van der Waals surface area contributed by atoms with Gasteiger partial charge in [-0.25, -0.2) is 0 Å². The molecule has 2 saturated carbocycles. The highest BCUT2D eigenvalue weighted by Gasteiger charge is 2.23. The third kappa shape index (κ3) is 2.28. The second-order valence-electron chi connectivity index (χ2n) is 5.96. The summed E-state index contributed by atoms with van der Waals surface area (Å²) in [7, 11) is 1.81. The molecule has 1 nitrogen and oxygen atoms in total. The van der Waals surface area contributed by atoms with E-state index in [1.165, 1.54) is 56.9 Å². The van der Waals surface area contributed by atoms with E-state index in [2.05, 4.69) is 18.2 Å². The molecule has 2 fully saturated rings. The van der Waals surface area contributed by atoms with Crippen molar-refractivity contribution < 1.29 is 4.74 Å². The standard InChI is InChI=1S/C17H24O/c1-18-17-11-10-15(13-6-2-3-7-13)12-16(17)14-8-4-5-9-14/h10-14H,2-9H2,1H3. The van der Waals surface area contributed by atoms with Gasteiger partial charge in [-0.3, -0.25) is 0 Å². The minimum Gasteiger partial charge on any atom is -0.496 e. The molecule has 0 amide bonds. The van der Waals surface area contributed by atoms with Crippen molar-refractivity contribution >= 4 is 0 Å². The molecule has 0 aromatic heterocycles. The lowest BCUT2D eigenvalue weighted by Gasteiger charge is -2.18. The Kier molecular flexibility index (Phi) is 3.58. The Labute approximate surface area is 111 Å². The first kappa shape index (κ1) is 12.1. The zero-order chi connectivity index (χ0) is 12.4. The molecule has 1 aromatic carbocycles. The molecule has 0 heterocycles. The maximum absolute atomic E-state index is 5.58. The monoisotopic (exact) mass is 244 g/mol. The van der Waals surface area contributed by atoms with Crippen LogP contribution in [0, 0.1) is 0 Å². The van der Waals surface area contributed by atoms with Crippen LogP contribution in [0.4, 0.5) is 0 Å². The van der Waals surface area contributed by atoms with Crippen molar-refractivity contribution in [1.29, 1.82) is 0 Å². The largest absolute Gasteiger partial charge is 0.496 e. The predicted octanol–water partition coefficient (Wildman–Crippen LogP) is 5.01. The van der Waals surface area contributed by atoms with Gasteiger partial charge in [0.25, 0.3) is 0 Å². The Balaban J connectivity index is 1.90. The Morgan fingerprint density at radius 2 is 1.50 bits per heavy atom. The molecule has 0 N–H and O–H groups in total. The molecule has 2 aliphatic rings. The van der Waals surface area contributed by atoms with E-state index in [0.29, 0.717) is 0 Å². The lowest BCUT2D eigenvalue weighted by molar-refractivity contribution is 0.405. The van der Waals surface area contributed by atoms with E-state index in [1.54, 1.807) is 5.56 Å². The van der Waals surface area contributed by atoms with Crippen LogP contribution >= 0.6 is 0 Å². The summed E-state index contributed by atoms with van der Waals surface area (Å²) >= 11 is 0. The molecule has 1 heteroatoms. The summed E-state index contributed by atoms with van der Waals surface area (Å²) < 4.78 is 5.58.